The van der Waals surface area contributed by atoms with E-state index < -0.39 is 0 Å². The van der Waals surface area contributed by atoms with Crippen molar-refractivity contribution in [1.29, 1.82) is 0 Å². The van der Waals surface area contributed by atoms with Crippen LogP contribution in [0.1, 0.15) is 55.9 Å². The molecule has 0 bridgehead atoms. The van der Waals surface area contributed by atoms with E-state index in [1.165, 1.54) is 44.6 Å². The molecule has 3 nitrogen and oxygen atoms in total. The summed E-state index contributed by atoms with van der Waals surface area (Å²) in [5, 5.41) is 1.11. The Morgan fingerprint density at radius 3 is 2.52 bits per heavy atom. The number of benzene rings is 3. The second-order valence-electron chi connectivity index (χ2n) is 9.84. The number of hydrogen-bond acceptors (Lipinski definition) is 2. The molecule has 0 unspecified atom stereocenters. The van der Waals surface area contributed by atoms with Crippen LogP contribution in [0.25, 0.3) is 33.3 Å². The summed E-state index contributed by atoms with van der Waals surface area (Å²) in [6.07, 6.45) is 1.94. The number of aryl methyl sites for hydroxylation is 1. The van der Waals surface area contributed by atoms with Crippen LogP contribution in [0.15, 0.2) is 48.8 Å². The van der Waals surface area contributed by atoms with E-state index in [1.54, 1.807) is 0 Å². The smallest absolute Gasteiger partial charge is 0.287 e. The zero-order chi connectivity index (χ0) is 21.7. The average molecular weight is 408 g/mol. The summed E-state index contributed by atoms with van der Waals surface area (Å²) in [6.45, 7) is 11.3. The van der Waals surface area contributed by atoms with Crippen molar-refractivity contribution in [2.45, 2.75) is 46.0 Å². The zero-order valence-electron chi connectivity index (χ0n) is 19.0. The van der Waals surface area contributed by atoms with Crippen LogP contribution in [-0.4, -0.2) is 4.98 Å². The van der Waals surface area contributed by atoms with Crippen molar-refractivity contribution in [3.63, 3.8) is 0 Å². The Labute approximate surface area is 183 Å². The number of aromatic nitrogens is 2. The van der Waals surface area contributed by atoms with Gasteiger partial charge in [-0.05, 0) is 69.4 Å². The molecule has 0 saturated carbocycles. The van der Waals surface area contributed by atoms with E-state index in [0.717, 1.165) is 22.4 Å². The molecule has 1 aliphatic carbocycles. The predicted molar refractivity (Wildman–Crippen MR) is 125 cm³/mol. The fourth-order valence-electron chi connectivity index (χ4n) is 5.57. The van der Waals surface area contributed by atoms with Crippen LogP contribution in [0, 0.1) is 6.92 Å². The SMILES string of the molecule is Cc1c2c(cc3c1-c1ccccc1C3(C)C)Oc1cc(C(C)C)cc3nc[n+](C)c-2c13. The number of nitrogens with zero attached hydrogens (tertiary/aromatic N) is 2. The van der Waals surface area contributed by atoms with E-state index in [-0.39, 0.29) is 5.41 Å². The maximum atomic E-state index is 6.64. The van der Waals surface area contributed by atoms with Crippen molar-refractivity contribution in [1.82, 2.24) is 4.98 Å². The Hall–Kier alpha value is -3.20. The van der Waals surface area contributed by atoms with E-state index in [4.69, 9.17) is 9.72 Å². The van der Waals surface area contributed by atoms with E-state index >= 15 is 0 Å². The summed E-state index contributed by atoms with van der Waals surface area (Å²) in [4.78, 5) is 4.74. The molecule has 1 aromatic heterocycles. The summed E-state index contributed by atoms with van der Waals surface area (Å²) in [5.74, 6) is 2.29. The minimum Gasteiger partial charge on any atom is -0.456 e. The Morgan fingerprint density at radius 2 is 1.74 bits per heavy atom. The molecule has 6 rings (SSSR count). The van der Waals surface area contributed by atoms with E-state index in [0.29, 0.717) is 5.92 Å². The number of fused-ring (bicyclic) bond motifs is 5. The molecule has 0 spiro atoms. The normalized spacial score (nSPS) is 14.9. The van der Waals surface area contributed by atoms with Crippen LogP contribution < -0.4 is 9.30 Å². The number of hydrogen-bond donors (Lipinski definition) is 0. The van der Waals surface area contributed by atoms with Gasteiger partial charge in [-0.15, -0.1) is 0 Å². The third-order valence-electron chi connectivity index (χ3n) is 7.27. The van der Waals surface area contributed by atoms with E-state index in [2.05, 4.69) is 88.7 Å². The highest BCUT2D eigenvalue weighted by Crippen LogP contribution is 2.56. The van der Waals surface area contributed by atoms with Gasteiger partial charge in [0.1, 0.15) is 16.9 Å². The molecule has 2 heterocycles. The molecule has 0 atom stereocenters. The van der Waals surface area contributed by atoms with Crippen molar-refractivity contribution in [3.8, 4) is 33.9 Å². The van der Waals surface area contributed by atoms with Gasteiger partial charge in [0.25, 0.3) is 6.33 Å². The van der Waals surface area contributed by atoms with Gasteiger partial charge in [0.15, 0.2) is 11.2 Å². The lowest BCUT2D eigenvalue weighted by Gasteiger charge is -2.26. The minimum atomic E-state index is -0.0507. The Bertz CT molecular complexity index is 1430. The van der Waals surface area contributed by atoms with E-state index in [9.17, 15) is 0 Å². The molecule has 31 heavy (non-hydrogen) atoms. The number of ether oxygens (including phenoxy) is 1. The first-order valence-electron chi connectivity index (χ1n) is 11.1. The molecule has 0 saturated heterocycles. The lowest BCUT2D eigenvalue weighted by atomic mass is 9.81. The predicted octanol–water partition coefficient (Wildman–Crippen LogP) is 6.57. The van der Waals surface area contributed by atoms with Crippen molar-refractivity contribution >= 4 is 10.9 Å². The molecule has 4 aromatic rings. The van der Waals surface area contributed by atoms with Crippen LogP contribution in [0.5, 0.6) is 11.5 Å². The molecule has 1 aliphatic heterocycles. The van der Waals surface area contributed by atoms with Crippen LogP contribution in [-0.2, 0) is 12.5 Å². The highest BCUT2D eigenvalue weighted by atomic mass is 16.5. The molecule has 154 valence electrons. The maximum Gasteiger partial charge on any atom is 0.287 e. The monoisotopic (exact) mass is 407 g/mol. The fraction of sp³-hybridized carbons (Fsp3) is 0.286. The molecule has 2 aliphatic rings. The Morgan fingerprint density at radius 1 is 0.968 bits per heavy atom. The number of rotatable bonds is 1. The van der Waals surface area contributed by atoms with Gasteiger partial charge in [0, 0.05) is 5.41 Å². The summed E-state index contributed by atoms with van der Waals surface area (Å²) in [7, 11) is 2.08. The van der Waals surface area contributed by atoms with Crippen molar-refractivity contribution in [3.05, 3.63) is 71.0 Å². The van der Waals surface area contributed by atoms with Crippen molar-refractivity contribution < 1.29 is 9.30 Å². The van der Waals surface area contributed by atoms with Gasteiger partial charge in [0.2, 0.25) is 0 Å². The molecule has 0 radical (unpaired) electrons. The molecule has 0 N–H and O–H groups in total. The second kappa shape index (κ2) is 5.94. The summed E-state index contributed by atoms with van der Waals surface area (Å²) in [5.41, 5.74) is 11.3. The van der Waals surface area contributed by atoms with Gasteiger partial charge in [-0.2, -0.15) is 0 Å². The molecular formula is C28H27N2O+. The third-order valence-corrected chi connectivity index (χ3v) is 7.27. The second-order valence-corrected chi connectivity index (χ2v) is 9.84. The molecule has 3 aromatic carbocycles. The van der Waals surface area contributed by atoms with Crippen LogP contribution in [0.4, 0.5) is 0 Å². The zero-order valence-corrected chi connectivity index (χ0v) is 19.0. The maximum absolute atomic E-state index is 6.64. The van der Waals surface area contributed by atoms with Crippen LogP contribution >= 0.6 is 0 Å². The van der Waals surface area contributed by atoms with Gasteiger partial charge >= 0.3 is 0 Å². The molecule has 3 heteroatoms. The first-order valence-corrected chi connectivity index (χ1v) is 11.1. The van der Waals surface area contributed by atoms with Gasteiger partial charge in [0.05, 0.1) is 12.6 Å². The molecular weight excluding hydrogens is 380 g/mol. The third kappa shape index (κ3) is 2.29. The van der Waals surface area contributed by atoms with Crippen LogP contribution in [0.3, 0.4) is 0 Å². The molecule has 0 fully saturated rings. The lowest BCUT2D eigenvalue weighted by Crippen LogP contribution is -2.33. The summed E-state index contributed by atoms with van der Waals surface area (Å²) in [6, 6.07) is 15.5. The molecule has 0 amide bonds. The van der Waals surface area contributed by atoms with Crippen LogP contribution in [0.2, 0.25) is 0 Å². The average Bonchev–Trinajstić information content (AvgIpc) is 2.97. The Kier molecular flexibility index (Phi) is 3.56. The first-order chi connectivity index (χ1) is 14.8. The first kappa shape index (κ1) is 18.6. The summed E-state index contributed by atoms with van der Waals surface area (Å²) >= 11 is 0. The quantitative estimate of drug-likeness (QED) is 0.294. The topological polar surface area (TPSA) is 26.0 Å². The van der Waals surface area contributed by atoms with Gasteiger partial charge in [-0.1, -0.05) is 52.0 Å². The van der Waals surface area contributed by atoms with E-state index in [1.807, 2.05) is 6.33 Å². The van der Waals surface area contributed by atoms with Gasteiger partial charge < -0.3 is 4.74 Å². The fourth-order valence-corrected chi connectivity index (χ4v) is 5.57. The standard InChI is InChI=1S/C28H27N2O/c1-15(2)17-11-21-26-22(12-17)31-23-13-20-24(16(3)25(23)27(26)30(6)14-29-21)18-9-7-8-10-19(18)28(20,4)5/h7-15H,1-6H3/q+1. The minimum absolute atomic E-state index is 0.0507. The summed E-state index contributed by atoms with van der Waals surface area (Å²) < 4.78 is 8.79. The highest BCUT2D eigenvalue weighted by molar-refractivity contribution is 6.02. The van der Waals surface area contributed by atoms with Crippen molar-refractivity contribution in [2.75, 3.05) is 0 Å². The largest absolute Gasteiger partial charge is 0.456 e. The lowest BCUT2D eigenvalue weighted by molar-refractivity contribution is -0.662. The highest BCUT2D eigenvalue weighted by Gasteiger charge is 2.40. The Balaban J connectivity index is 1.74. The van der Waals surface area contributed by atoms with Crippen molar-refractivity contribution in [2.24, 2.45) is 7.05 Å². The van der Waals surface area contributed by atoms with Gasteiger partial charge in [-0.3, -0.25) is 0 Å². The van der Waals surface area contributed by atoms with Gasteiger partial charge in [-0.25, -0.2) is 4.57 Å².